The van der Waals surface area contributed by atoms with Crippen LogP contribution < -0.4 is 5.32 Å². The van der Waals surface area contributed by atoms with Gasteiger partial charge >= 0.3 is 0 Å². The van der Waals surface area contributed by atoms with E-state index >= 15 is 0 Å². The Hall–Kier alpha value is -0.930. The molecule has 0 aliphatic heterocycles. The van der Waals surface area contributed by atoms with E-state index in [0.29, 0.717) is 18.5 Å². The van der Waals surface area contributed by atoms with Gasteiger partial charge < -0.3 is 10.4 Å². The van der Waals surface area contributed by atoms with Crippen molar-refractivity contribution in [1.29, 1.82) is 0 Å². The molecule has 1 atom stereocenters. The molecule has 0 aliphatic carbocycles. The molecule has 1 aromatic rings. The molecule has 1 rings (SSSR count). The van der Waals surface area contributed by atoms with Gasteiger partial charge in [-0.25, -0.2) is 4.39 Å². The van der Waals surface area contributed by atoms with E-state index in [1.54, 1.807) is 6.92 Å². The average Bonchev–Trinajstić information content (AvgIpc) is 2.13. The zero-order valence-corrected chi connectivity index (χ0v) is 9.47. The Balaban J connectivity index is 2.93. The molecule has 1 unspecified atom stereocenters. The maximum absolute atomic E-state index is 13.2. The minimum atomic E-state index is -0.976. The summed E-state index contributed by atoms with van der Waals surface area (Å²) in [6.45, 7) is 4.22. The summed E-state index contributed by atoms with van der Waals surface area (Å²) in [5.74, 6) is -0.297. The van der Waals surface area contributed by atoms with E-state index in [-0.39, 0.29) is 5.82 Å². The van der Waals surface area contributed by atoms with E-state index in [4.69, 9.17) is 0 Å². The maximum Gasteiger partial charge on any atom is 0.123 e. The van der Waals surface area contributed by atoms with Gasteiger partial charge in [0.1, 0.15) is 5.82 Å². The molecule has 0 radical (unpaired) electrons. The highest BCUT2D eigenvalue weighted by molar-refractivity contribution is 5.28. The lowest BCUT2D eigenvalue weighted by Crippen LogP contribution is -2.26. The van der Waals surface area contributed by atoms with Crippen molar-refractivity contribution < 1.29 is 9.50 Å². The predicted octanol–water partition coefficient (Wildman–Crippen LogP) is 1.95. The van der Waals surface area contributed by atoms with Crippen LogP contribution in [0.3, 0.4) is 0 Å². The van der Waals surface area contributed by atoms with E-state index in [1.165, 1.54) is 12.1 Å². The van der Waals surface area contributed by atoms with E-state index in [1.807, 2.05) is 20.0 Å². The van der Waals surface area contributed by atoms with Crippen molar-refractivity contribution in [2.45, 2.75) is 25.9 Å². The van der Waals surface area contributed by atoms with Crippen LogP contribution in [-0.4, -0.2) is 18.7 Å². The third-order valence-corrected chi connectivity index (χ3v) is 2.53. The summed E-state index contributed by atoms with van der Waals surface area (Å²) in [7, 11) is 1.83. The molecule has 0 saturated heterocycles. The smallest absolute Gasteiger partial charge is 0.123 e. The summed E-state index contributed by atoms with van der Waals surface area (Å²) < 4.78 is 13.2. The van der Waals surface area contributed by atoms with Crippen molar-refractivity contribution in [3.05, 3.63) is 35.1 Å². The van der Waals surface area contributed by atoms with Gasteiger partial charge in [0.2, 0.25) is 0 Å². The lowest BCUT2D eigenvalue weighted by atomic mass is 9.91. The summed E-state index contributed by atoms with van der Waals surface area (Å²) in [5.41, 5.74) is 0.487. The second-order valence-corrected chi connectivity index (χ2v) is 4.14. The van der Waals surface area contributed by atoms with Gasteiger partial charge in [0.15, 0.2) is 0 Å². The predicted molar refractivity (Wildman–Crippen MR) is 59.3 cm³/mol. The van der Waals surface area contributed by atoms with Crippen LogP contribution >= 0.6 is 0 Å². The number of aryl methyl sites for hydroxylation is 1. The molecule has 3 heteroatoms. The molecule has 0 aromatic heterocycles. The van der Waals surface area contributed by atoms with Crippen molar-refractivity contribution in [2.75, 3.05) is 13.6 Å². The van der Waals surface area contributed by atoms with Crippen LogP contribution in [0.5, 0.6) is 0 Å². The normalized spacial score (nSPS) is 15.0. The molecule has 0 fully saturated rings. The third kappa shape index (κ3) is 3.29. The van der Waals surface area contributed by atoms with Gasteiger partial charge in [-0.15, -0.1) is 0 Å². The van der Waals surface area contributed by atoms with Gasteiger partial charge in [0.05, 0.1) is 5.60 Å². The van der Waals surface area contributed by atoms with E-state index in [2.05, 4.69) is 5.32 Å². The topological polar surface area (TPSA) is 32.3 Å². The monoisotopic (exact) mass is 211 g/mol. The molecule has 2 N–H and O–H groups in total. The second kappa shape index (κ2) is 4.73. The van der Waals surface area contributed by atoms with Crippen molar-refractivity contribution in [3.8, 4) is 0 Å². The summed E-state index contributed by atoms with van der Waals surface area (Å²) in [6.07, 6.45) is 0.562. The number of rotatable bonds is 4. The van der Waals surface area contributed by atoms with Crippen LogP contribution in [0, 0.1) is 12.7 Å². The maximum atomic E-state index is 13.2. The summed E-state index contributed by atoms with van der Waals surface area (Å²) in [5, 5.41) is 13.1. The molecule has 0 saturated carbocycles. The molecule has 1 aromatic carbocycles. The van der Waals surface area contributed by atoms with Gasteiger partial charge in [-0.3, -0.25) is 0 Å². The fourth-order valence-electron chi connectivity index (χ4n) is 1.56. The third-order valence-electron chi connectivity index (χ3n) is 2.53. The zero-order chi connectivity index (χ0) is 11.5. The molecule has 0 bridgehead atoms. The van der Waals surface area contributed by atoms with Gasteiger partial charge in [0, 0.05) is 0 Å². The highest BCUT2D eigenvalue weighted by Gasteiger charge is 2.22. The number of hydrogen-bond donors (Lipinski definition) is 2. The lowest BCUT2D eigenvalue weighted by molar-refractivity contribution is 0.0481. The Bertz CT molecular complexity index is 316. The number of hydrogen-bond acceptors (Lipinski definition) is 2. The molecule has 0 heterocycles. The zero-order valence-electron chi connectivity index (χ0n) is 9.47. The highest BCUT2D eigenvalue weighted by atomic mass is 19.1. The summed E-state index contributed by atoms with van der Waals surface area (Å²) in [6, 6.07) is 4.67. The van der Waals surface area contributed by atoms with Gasteiger partial charge in [-0.05, 0) is 57.1 Å². The lowest BCUT2D eigenvalue weighted by Gasteiger charge is -2.24. The first-order chi connectivity index (χ1) is 6.95. The Morgan fingerprint density at radius 2 is 2.07 bits per heavy atom. The molecule has 0 spiro atoms. The van der Waals surface area contributed by atoms with Gasteiger partial charge in [0.25, 0.3) is 0 Å². The second-order valence-electron chi connectivity index (χ2n) is 4.14. The van der Waals surface area contributed by atoms with Crippen molar-refractivity contribution in [1.82, 2.24) is 5.32 Å². The number of nitrogens with one attached hydrogen (secondary N) is 1. The Kier molecular flexibility index (Phi) is 3.83. The minimum absolute atomic E-state index is 0.297. The van der Waals surface area contributed by atoms with Crippen LogP contribution in [0.15, 0.2) is 18.2 Å². The van der Waals surface area contributed by atoms with Crippen LogP contribution in [0.4, 0.5) is 4.39 Å². The summed E-state index contributed by atoms with van der Waals surface area (Å²) >= 11 is 0. The van der Waals surface area contributed by atoms with Crippen LogP contribution in [-0.2, 0) is 5.60 Å². The van der Waals surface area contributed by atoms with Crippen molar-refractivity contribution in [2.24, 2.45) is 0 Å². The number of halogens is 1. The first-order valence-electron chi connectivity index (χ1n) is 5.10. The quantitative estimate of drug-likeness (QED) is 0.798. The molecular formula is C12H18FNO. The molecule has 0 amide bonds. The highest BCUT2D eigenvalue weighted by Crippen LogP contribution is 2.25. The van der Waals surface area contributed by atoms with Crippen LogP contribution in [0.1, 0.15) is 24.5 Å². The number of benzene rings is 1. The Morgan fingerprint density at radius 1 is 1.40 bits per heavy atom. The SMILES string of the molecule is CNCCC(C)(O)c1cc(C)cc(F)c1. The number of aliphatic hydroxyl groups is 1. The fraction of sp³-hybridized carbons (Fsp3) is 0.500. The Morgan fingerprint density at radius 3 is 2.60 bits per heavy atom. The Labute approximate surface area is 90.1 Å². The fourth-order valence-corrected chi connectivity index (χ4v) is 1.56. The van der Waals surface area contributed by atoms with Crippen LogP contribution in [0.2, 0.25) is 0 Å². The molecule has 2 nitrogen and oxygen atoms in total. The standard InChI is InChI=1S/C12H18FNO/c1-9-6-10(8-11(13)7-9)12(2,15)4-5-14-3/h6-8,14-15H,4-5H2,1-3H3. The van der Waals surface area contributed by atoms with Crippen LogP contribution in [0.25, 0.3) is 0 Å². The molecule has 15 heavy (non-hydrogen) atoms. The van der Waals surface area contributed by atoms with E-state index < -0.39 is 5.60 Å². The van der Waals surface area contributed by atoms with Gasteiger partial charge in [-0.2, -0.15) is 0 Å². The van der Waals surface area contributed by atoms with Gasteiger partial charge in [-0.1, -0.05) is 6.07 Å². The molecule has 0 aliphatic rings. The first kappa shape index (κ1) is 12.1. The van der Waals surface area contributed by atoms with Crippen molar-refractivity contribution >= 4 is 0 Å². The summed E-state index contributed by atoms with van der Waals surface area (Å²) in [4.78, 5) is 0. The first-order valence-corrected chi connectivity index (χ1v) is 5.10. The molecule has 84 valence electrons. The minimum Gasteiger partial charge on any atom is -0.385 e. The van der Waals surface area contributed by atoms with E-state index in [0.717, 1.165) is 5.56 Å². The van der Waals surface area contributed by atoms with E-state index in [9.17, 15) is 9.50 Å². The largest absolute Gasteiger partial charge is 0.385 e. The average molecular weight is 211 g/mol. The molecular weight excluding hydrogens is 193 g/mol. The van der Waals surface area contributed by atoms with Crippen molar-refractivity contribution in [3.63, 3.8) is 0 Å².